The molecule has 0 saturated carbocycles. The summed E-state index contributed by atoms with van der Waals surface area (Å²) in [6.45, 7) is 3.48. The second-order valence-electron chi connectivity index (χ2n) is 4.96. The number of carbonyl (C=O) groups is 1. The van der Waals surface area contributed by atoms with Crippen LogP contribution in [0.25, 0.3) is 0 Å². The third-order valence-electron chi connectivity index (χ3n) is 3.58. The molecule has 0 aromatic heterocycles. The molecule has 104 valence electrons. The van der Waals surface area contributed by atoms with Crippen molar-refractivity contribution in [2.24, 2.45) is 0 Å². The number of rotatable bonds is 3. The van der Waals surface area contributed by atoms with Crippen LogP contribution in [0.1, 0.15) is 32.6 Å². The second-order valence-corrected chi connectivity index (χ2v) is 4.96. The van der Waals surface area contributed by atoms with E-state index in [1.165, 1.54) is 6.42 Å². The monoisotopic (exact) mass is 262 g/mol. The van der Waals surface area contributed by atoms with Crippen LogP contribution in [0.3, 0.4) is 0 Å². The lowest BCUT2D eigenvalue weighted by atomic mass is 10.1. The summed E-state index contributed by atoms with van der Waals surface area (Å²) in [6, 6.07) is 6.78. The van der Waals surface area contributed by atoms with Crippen molar-refractivity contribution in [2.75, 3.05) is 18.0 Å². The average molecular weight is 262 g/mol. The van der Waals surface area contributed by atoms with Crippen LogP contribution in [0.15, 0.2) is 24.3 Å². The fourth-order valence-corrected chi connectivity index (χ4v) is 2.55. The molecule has 0 bridgehead atoms. The minimum Gasteiger partial charge on any atom is -0.508 e. The number of hydrogen-bond donors (Lipinski definition) is 2. The summed E-state index contributed by atoms with van der Waals surface area (Å²) in [6.07, 6.45) is 4.33. The molecule has 1 aromatic carbocycles. The predicted octanol–water partition coefficient (Wildman–Crippen LogP) is 2.28. The molecule has 1 fully saturated rings. The molecular weight excluding hydrogens is 240 g/mol. The normalized spacial score (nSPS) is 19.7. The van der Waals surface area contributed by atoms with Gasteiger partial charge in [0.2, 0.25) is 5.91 Å². The minimum atomic E-state index is -0.0928. The number of nitrogens with one attached hydrogen (secondary N) is 1. The van der Waals surface area contributed by atoms with Crippen LogP contribution in [0, 0.1) is 0 Å². The number of anilines is 1. The van der Waals surface area contributed by atoms with Crippen molar-refractivity contribution in [1.29, 1.82) is 0 Å². The molecule has 0 aliphatic carbocycles. The van der Waals surface area contributed by atoms with E-state index >= 15 is 0 Å². The molecule has 2 N–H and O–H groups in total. The first-order valence-electron chi connectivity index (χ1n) is 7.06. The summed E-state index contributed by atoms with van der Waals surface area (Å²) >= 11 is 0. The quantitative estimate of drug-likeness (QED) is 0.878. The van der Waals surface area contributed by atoms with E-state index in [0.29, 0.717) is 6.54 Å². The standard InChI is InChI=1S/C15H22N2O2/c1-2-17(12-7-6-8-13(18)11-12)15(19)14-9-4-3-5-10-16-14/h6-8,11,14,16,18H,2-5,9-10H2,1H3. The average Bonchev–Trinajstić information content (AvgIpc) is 2.68. The zero-order valence-corrected chi connectivity index (χ0v) is 11.4. The van der Waals surface area contributed by atoms with Gasteiger partial charge in [0.1, 0.15) is 5.75 Å². The maximum absolute atomic E-state index is 12.6. The van der Waals surface area contributed by atoms with Crippen LogP contribution in [0.5, 0.6) is 5.75 Å². The molecule has 1 amide bonds. The molecule has 1 aliphatic heterocycles. The lowest BCUT2D eigenvalue weighted by molar-refractivity contribution is -0.120. The van der Waals surface area contributed by atoms with Crippen molar-refractivity contribution in [3.63, 3.8) is 0 Å². The summed E-state index contributed by atoms with van der Waals surface area (Å²) in [5.41, 5.74) is 0.763. The fraction of sp³-hybridized carbons (Fsp3) is 0.533. The van der Waals surface area contributed by atoms with Crippen molar-refractivity contribution in [3.05, 3.63) is 24.3 Å². The molecule has 1 aromatic rings. The number of likely N-dealkylation sites (N-methyl/N-ethyl adjacent to an activating group) is 1. The number of phenolic OH excluding ortho intramolecular Hbond substituents is 1. The van der Waals surface area contributed by atoms with Crippen LogP contribution in [0.2, 0.25) is 0 Å². The first-order chi connectivity index (χ1) is 9.22. The number of phenols is 1. The van der Waals surface area contributed by atoms with Gasteiger partial charge in [-0.15, -0.1) is 0 Å². The highest BCUT2D eigenvalue weighted by Crippen LogP contribution is 2.22. The Morgan fingerprint density at radius 3 is 3.00 bits per heavy atom. The number of carbonyl (C=O) groups excluding carboxylic acids is 1. The summed E-state index contributed by atoms with van der Waals surface area (Å²) in [5.74, 6) is 0.299. The number of aromatic hydroxyl groups is 1. The van der Waals surface area contributed by atoms with Crippen molar-refractivity contribution in [1.82, 2.24) is 5.32 Å². The first kappa shape index (κ1) is 13.9. The van der Waals surface area contributed by atoms with Gasteiger partial charge in [0.05, 0.1) is 6.04 Å². The molecule has 0 radical (unpaired) electrons. The van der Waals surface area contributed by atoms with Crippen LogP contribution < -0.4 is 10.2 Å². The van der Waals surface area contributed by atoms with Crippen molar-refractivity contribution in [3.8, 4) is 5.75 Å². The van der Waals surface area contributed by atoms with Crippen LogP contribution in [-0.4, -0.2) is 30.1 Å². The van der Waals surface area contributed by atoms with Gasteiger partial charge >= 0.3 is 0 Å². The summed E-state index contributed by atoms with van der Waals surface area (Å²) in [7, 11) is 0. The summed E-state index contributed by atoms with van der Waals surface area (Å²) in [5, 5.41) is 12.9. The fourth-order valence-electron chi connectivity index (χ4n) is 2.55. The minimum absolute atomic E-state index is 0.0928. The zero-order valence-electron chi connectivity index (χ0n) is 11.4. The van der Waals surface area contributed by atoms with Gasteiger partial charge < -0.3 is 15.3 Å². The van der Waals surface area contributed by atoms with E-state index in [0.717, 1.165) is 31.5 Å². The zero-order chi connectivity index (χ0) is 13.7. The Morgan fingerprint density at radius 1 is 1.42 bits per heavy atom. The van der Waals surface area contributed by atoms with Crippen LogP contribution >= 0.6 is 0 Å². The van der Waals surface area contributed by atoms with Gasteiger partial charge in [-0.1, -0.05) is 18.9 Å². The van der Waals surface area contributed by atoms with Crippen molar-refractivity contribution in [2.45, 2.75) is 38.6 Å². The van der Waals surface area contributed by atoms with Crippen molar-refractivity contribution >= 4 is 11.6 Å². The maximum atomic E-state index is 12.6. The van der Waals surface area contributed by atoms with Gasteiger partial charge in [-0.25, -0.2) is 0 Å². The van der Waals surface area contributed by atoms with Crippen LogP contribution in [0.4, 0.5) is 5.69 Å². The predicted molar refractivity (Wildman–Crippen MR) is 76.4 cm³/mol. The Bertz CT molecular complexity index is 426. The topological polar surface area (TPSA) is 52.6 Å². The highest BCUT2D eigenvalue weighted by atomic mass is 16.3. The molecule has 19 heavy (non-hydrogen) atoms. The molecule has 1 saturated heterocycles. The SMILES string of the molecule is CCN(C(=O)C1CCCCCN1)c1cccc(O)c1. The molecule has 1 heterocycles. The Morgan fingerprint density at radius 2 is 2.26 bits per heavy atom. The number of benzene rings is 1. The Balaban J connectivity index is 2.14. The van der Waals surface area contributed by atoms with E-state index in [9.17, 15) is 9.90 Å². The molecule has 4 heteroatoms. The lowest BCUT2D eigenvalue weighted by Crippen LogP contribution is -2.46. The van der Waals surface area contributed by atoms with E-state index in [-0.39, 0.29) is 17.7 Å². The highest BCUT2D eigenvalue weighted by molar-refractivity contribution is 5.97. The summed E-state index contributed by atoms with van der Waals surface area (Å²) in [4.78, 5) is 14.3. The third-order valence-corrected chi connectivity index (χ3v) is 3.58. The largest absolute Gasteiger partial charge is 0.508 e. The van der Waals surface area contributed by atoms with Gasteiger partial charge in [0.15, 0.2) is 0 Å². The van der Waals surface area contributed by atoms with Crippen LogP contribution in [-0.2, 0) is 4.79 Å². The van der Waals surface area contributed by atoms with E-state index in [4.69, 9.17) is 0 Å². The summed E-state index contributed by atoms with van der Waals surface area (Å²) < 4.78 is 0. The Labute approximate surface area is 114 Å². The smallest absolute Gasteiger partial charge is 0.244 e. The molecule has 0 spiro atoms. The van der Waals surface area contributed by atoms with E-state index in [1.54, 1.807) is 23.1 Å². The number of amides is 1. The molecule has 2 rings (SSSR count). The first-order valence-corrected chi connectivity index (χ1v) is 7.06. The van der Waals surface area contributed by atoms with Gasteiger partial charge in [-0.3, -0.25) is 4.79 Å². The van der Waals surface area contributed by atoms with Gasteiger partial charge in [-0.05, 0) is 38.4 Å². The van der Waals surface area contributed by atoms with Gasteiger partial charge in [0.25, 0.3) is 0 Å². The Hall–Kier alpha value is -1.55. The van der Waals surface area contributed by atoms with E-state index in [1.807, 2.05) is 13.0 Å². The number of nitrogens with zero attached hydrogens (tertiary/aromatic N) is 1. The van der Waals surface area contributed by atoms with E-state index in [2.05, 4.69) is 5.32 Å². The second kappa shape index (κ2) is 6.57. The van der Waals surface area contributed by atoms with Crippen molar-refractivity contribution < 1.29 is 9.90 Å². The molecular formula is C15H22N2O2. The lowest BCUT2D eigenvalue weighted by Gasteiger charge is -2.26. The number of hydrogen-bond acceptors (Lipinski definition) is 3. The van der Waals surface area contributed by atoms with Gasteiger partial charge in [-0.2, -0.15) is 0 Å². The molecule has 1 atom stereocenters. The molecule has 1 unspecified atom stereocenters. The third kappa shape index (κ3) is 3.47. The molecule has 4 nitrogen and oxygen atoms in total. The van der Waals surface area contributed by atoms with E-state index < -0.39 is 0 Å². The highest BCUT2D eigenvalue weighted by Gasteiger charge is 2.25. The molecule has 1 aliphatic rings. The Kier molecular flexibility index (Phi) is 4.80. The van der Waals surface area contributed by atoms with Gasteiger partial charge in [0, 0.05) is 18.3 Å². The maximum Gasteiger partial charge on any atom is 0.244 e.